The Hall–Kier alpha value is -0.980. The fourth-order valence-electron chi connectivity index (χ4n) is 2.56. The normalized spacial score (nSPS) is 19.8. The smallest absolute Gasteiger partial charge is 0.249 e. The maximum absolute atomic E-state index is 12.5. The van der Waals surface area contributed by atoms with E-state index in [1.165, 1.54) is 0 Å². The van der Waals surface area contributed by atoms with Crippen molar-refractivity contribution in [3.63, 3.8) is 0 Å². The highest BCUT2D eigenvalue weighted by atomic mass is 32.2. The quantitative estimate of drug-likeness (QED) is 0.744. The van der Waals surface area contributed by atoms with Crippen LogP contribution in [0.15, 0.2) is 30.3 Å². The van der Waals surface area contributed by atoms with Gasteiger partial charge in [0.15, 0.2) is 5.78 Å². The summed E-state index contributed by atoms with van der Waals surface area (Å²) in [6.07, 6.45) is 0.113. The number of Topliss-reactive ketones (excluding diaryl/α,β-unsaturated/α-hetero) is 1. The van der Waals surface area contributed by atoms with Gasteiger partial charge in [0.1, 0.15) is 12.1 Å². The third-order valence-electron chi connectivity index (χ3n) is 3.87. The topological polar surface area (TPSA) is 55.4 Å². The van der Waals surface area contributed by atoms with Crippen molar-refractivity contribution in [2.24, 2.45) is 5.92 Å². The third-order valence-corrected chi connectivity index (χ3v) is 5.12. The molecule has 1 N–H and O–H groups in total. The minimum absolute atomic E-state index is 0. The number of ketones is 1. The molecule has 1 aromatic carbocycles. The van der Waals surface area contributed by atoms with E-state index in [-0.39, 0.29) is 51.3 Å². The first kappa shape index (κ1) is 27.2. The van der Waals surface area contributed by atoms with Crippen LogP contribution in [0, 0.1) is 5.92 Å². The van der Waals surface area contributed by atoms with Crippen LogP contribution in [0.4, 0.5) is 0 Å². The molecule has 0 bridgehead atoms. The first-order valence-corrected chi connectivity index (χ1v) is 9.12. The Labute approximate surface area is 170 Å². The number of benzene rings is 1. The zero-order valence-electron chi connectivity index (χ0n) is 14.5. The zero-order chi connectivity index (χ0) is 16.8. The van der Waals surface area contributed by atoms with Gasteiger partial charge in [-0.15, -0.1) is 11.8 Å². The van der Waals surface area contributed by atoms with Crippen molar-refractivity contribution in [3.05, 3.63) is 35.9 Å². The molecule has 1 heterocycles. The van der Waals surface area contributed by atoms with E-state index in [1.807, 2.05) is 37.3 Å². The number of hydrogen-bond acceptors (Lipinski definition) is 4. The lowest BCUT2D eigenvalue weighted by molar-refractivity contribution is -0.137. The number of carbonyl (C=O) groups excluding carboxylic acids is 2. The van der Waals surface area contributed by atoms with Gasteiger partial charge in [0.25, 0.3) is 0 Å². The van der Waals surface area contributed by atoms with Crippen LogP contribution >= 0.6 is 25.3 Å². The number of thioether (sulfide) groups is 1. The summed E-state index contributed by atoms with van der Waals surface area (Å²) in [5.74, 6) is 0.739. The van der Waals surface area contributed by atoms with Crippen molar-refractivity contribution in [1.82, 2.24) is 5.32 Å². The van der Waals surface area contributed by atoms with Gasteiger partial charge in [-0.05, 0) is 17.9 Å². The Kier molecular flexibility index (Phi) is 13.9. The Morgan fingerprint density at radius 1 is 1.27 bits per heavy atom. The molecular weight excluding hydrogens is 366 g/mol. The number of amides is 1. The first-order valence-electron chi connectivity index (χ1n) is 8.07. The number of nitrogens with one attached hydrogen (secondary N) is 1. The van der Waals surface area contributed by atoms with Crippen LogP contribution in [0.25, 0.3) is 0 Å². The molecule has 2 rings (SSSR count). The van der Waals surface area contributed by atoms with Crippen molar-refractivity contribution in [1.29, 1.82) is 0 Å². The molecule has 0 aliphatic carbocycles. The van der Waals surface area contributed by atoms with Gasteiger partial charge in [-0.1, -0.05) is 66.0 Å². The van der Waals surface area contributed by atoms with Crippen molar-refractivity contribution >= 4 is 36.9 Å². The lowest BCUT2D eigenvalue weighted by Crippen LogP contribution is -2.48. The van der Waals surface area contributed by atoms with Crippen LogP contribution in [0.3, 0.4) is 0 Å². The first-order chi connectivity index (χ1) is 11.0. The molecule has 1 aliphatic heterocycles. The minimum Gasteiger partial charge on any atom is -0.364 e. The Balaban J connectivity index is 0. The van der Waals surface area contributed by atoms with Gasteiger partial charge in [-0.2, -0.15) is 13.5 Å². The van der Waals surface area contributed by atoms with Gasteiger partial charge in [0, 0.05) is 5.25 Å². The van der Waals surface area contributed by atoms with E-state index in [1.54, 1.807) is 11.8 Å². The van der Waals surface area contributed by atoms with E-state index in [0.717, 1.165) is 5.56 Å². The highest BCUT2D eigenvalue weighted by Crippen LogP contribution is 2.24. The van der Waals surface area contributed by atoms with Crippen LogP contribution in [0.2, 0.25) is 0 Å². The summed E-state index contributed by atoms with van der Waals surface area (Å²) in [4.78, 5) is 24.4. The van der Waals surface area contributed by atoms with Crippen molar-refractivity contribution in [2.75, 3.05) is 5.75 Å². The highest BCUT2D eigenvalue weighted by molar-refractivity contribution is 8.01. The molecule has 0 saturated carbocycles. The van der Waals surface area contributed by atoms with E-state index in [4.69, 9.17) is 4.74 Å². The monoisotopic (exact) mass is 401 g/mol. The lowest BCUT2D eigenvalue weighted by Gasteiger charge is -2.22. The van der Waals surface area contributed by atoms with E-state index < -0.39 is 6.10 Å². The van der Waals surface area contributed by atoms with Gasteiger partial charge < -0.3 is 10.1 Å². The fraction of sp³-hybridized carbons (Fsp3) is 0.600. The second kappa shape index (κ2) is 13.2. The summed E-state index contributed by atoms with van der Waals surface area (Å²) < 4.78 is 5.85. The summed E-state index contributed by atoms with van der Waals surface area (Å²) in [5, 5.41) is 3.01. The molecule has 0 aromatic heterocycles. The summed E-state index contributed by atoms with van der Waals surface area (Å²) in [7, 11) is 0. The minimum atomic E-state index is -0.527. The summed E-state index contributed by atoms with van der Waals surface area (Å²) in [6, 6.07) is 9.42. The SMILES string of the molecule is C.C.CC(C)C[C@H](OCc1ccccc1)C(=O)N[C@@H]1C(=O)CS[C@@H]1C.S. The second-order valence-electron chi connectivity index (χ2n) is 6.38. The van der Waals surface area contributed by atoms with E-state index in [0.29, 0.717) is 24.7 Å². The molecule has 4 nitrogen and oxygen atoms in total. The maximum atomic E-state index is 12.5. The summed E-state index contributed by atoms with van der Waals surface area (Å²) >= 11 is 1.59. The average molecular weight is 402 g/mol. The predicted molar refractivity (Wildman–Crippen MR) is 117 cm³/mol. The Morgan fingerprint density at radius 2 is 1.88 bits per heavy atom. The molecule has 0 spiro atoms. The molecule has 26 heavy (non-hydrogen) atoms. The average Bonchev–Trinajstić information content (AvgIpc) is 2.84. The van der Waals surface area contributed by atoms with Crippen LogP contribution in [-0.4, -0.2) is 34.8 Å². The van der Waals surface area contributed by atoms with Gasteiger partial charge in [-0.3, -0.25) is 9.59 Å². The number of ether oxygens (including phenoxy) is 1. The standard InChI is InChI=1S/C18H25NO3S.2CH4.H2S/c1-12(2)9-16(22-10-14-7-5-4-6-8-14)18(21)19-17-13(3)23-11-15(17)20;;;/h4-8,12-13,16-17H,9-11H2,1-3H3,(H,19,21);2*1H4;1H2/t13-,16+,17+;;;/m1.../s1. The molecular formula is C20H35NO3S2. The molecule has 1 aliphatic rings. The zero-order valence-corrected chi connectivity index (χ0v) is 16.3. The molecule has 1 aromatic rings. The van der Waals surface area contributed by atoms with Crippen molar-refractivity contribution < 1.29 is 14.3 Å². The van der Waals surface area contributed by atoms with Crippen LogP contribution in [-0.2, 0) is 20.9 Å². The van der Waals surface area contributed by atoms with E-state index in [2.05, 4.69) is 19.2 Å². The molecule has 6 heteroatoms. The van der Waals surface area contributed by atoms with Crippen molar-refractivity contribution in [2.45, 2.75) is 66.0 Å². The molecule has 3 atom stereocenters. The van der Waals surface area contributed by atoms with E-state index >= 15 is 0 Å². The third kappa shape index (κ3) is 8.14. The van der Waals surface area contributed by atoms with Gasteiger partial charge in [0.05, 0.1) is 12.4 Å². The highest BCUT2D eigenvalue weighted by Gasteiger charge is 2.35. The lowest BCUT2D eigenvalue weighted by atomic mass is 10.0. The molecule has 150 valence electrons. The van der Waals surface area contributed by atoms with Crippen LogP contribution in [0.5, 0.6) is 0 Å². The Morgan fingerprint density at radius 3 is 2.38 bits per heavy atom. The van der Waals surface area contributed by atoms with Crippen LogP contribution in [0.1, 0.15) is 47.6 Å². The van der Waals surface area contributed by atoms with Crippen LogP contribution < -0.4 is 5.32 Å². The number of carbonyl (C=O) groups is 2. The molecule has 0 unspecified atom stereocenters. The van der Waals surface area contributed by atoms with Gasteiger partial charge >= 0.3 is 0 Å². The maximum Gasteiger partial charge on any atom is 0.249 e. The number of rotatable bonds is 7. The molecule has 1 saturated heterocycles. The largest absolute Gasteiger partial charge is 0.364 e. The summed E-state index contributed by atoms with van der Waals surface area (Å²) in [6.45, 7) is 6.49. The second-order valence-corrected chi connectivity index (χ2v) is 7.75. The van der Waals surface area contributed by atoms with Crippen molar-refractivity contribution in [3.8, 4) is 0 Å². The van der Waals surface area contributed by atoms with Gasteiger partial charge in [-0.25, -0.2) is 0 Å². The molecule has 1 fully saturated rings. The van der Waals surface area contributed by atoms with E-state index in [9.17, 15) is 9.59 Å². The molecule has 1 amide bonds. The number of hydrogen-bond donors (Lipinski definition) is 1. The fourth-order valence-corrected chi connectivity index (χ4v) is 3.57. The molecule has 0 radical (unpaired) electrons. The Bertz CT molecular complexity index is 537. The summed E-state index contributed by atoms with van der Waals surface area (Å²) in [5.41, 5.74) is 1.04. The van der Waals surface area contributed by atoms with Gasteiger partial charge in [0.2, 0.25) is 5.91 Å². The predicted octanol–water partition coefficient (Wildman–Crippen LogP) is 4.19.